The van der Waals surface area contributed by atoms with Crippen molar-refractivity contribution in [3.63, 3.8) is 0 Å². The number of para-hydroxylation sites is 1. The Kier molecular flexibility index (Phi) is 2.63. The van der Waals surface area contributed by atoms with E-state index < -0.39 is 0 Å². The molecule has 1 aliphatic rings. The number of benzene rings is 1. The van der Waals surface area contributed by atoms with Crippen LogP contribution in [-0.2, 0) is 0 Å². The van der Waals surface area contributed by atoms with Gasteiger partial charge in [-0.2, -0.15) is 0 Å². The second kappa shape index (κ2) is 4.29. The van der Waals surface area contributed by atoms with E-state index in [1.807, 2.05) is 24.3 Å². The maximum atomic E-state index is 11.9. The molecule has 1 aromatic carbocycles. The molecule has 1 fully saturated rings. The molecule has 2 aromatic rings. The Bertz CT molecular complexity index is 606. The minimum atomic E-state index is -0.0466. The molecule has 4 heteroatoms. The van der Waals surface area contributed by atoms with Gasteiger partial charge in [-0.25, -0.2) is 0 Å². The van der Waals surface area contributed by atoms with Crippen molar-refractivity contribution in [1.82, 2.24) is 10.3 Å². The van der Waals surface area contributed by atoms with Crippen LogP contribution in [-0.4, -0.2) is 24.0 Å². The molecule has 4 nitrogen and oxygen atoms in total. The van der Waals surface area contributed by atoms with Crippen LogP contribution in [0.15, 0.2) is 30.5 Å². The third-order valence-corrected chi connectivity index (χ3v) is 3.07. The van der Waals surface area contributed by atoms with Crippen LogP contribution in [0.25, 0.3) is 10.9 Å². The van der Waals surface area contributed by atoms with Gasteiger partial charge >= 0.3 is 0 Å². The fourth-order valence-corrected chi connectivity index (χ4v) is 1.92. The summed E-state index contributed by atoms with van der Waals surface area (Å²) in [6, 6.07) is 7.89. The molecule has 0 bridgehead atoms. The monoisotopic (exact) mass is 242 g/mol. The lowest BCUT2D eigenvalue weighted by molar-refractivity contribution is 0.0951. The number of pyridine rings is 1. The number of amides is 1. The van der Waals surface area contributed by atoms with E-state index in [1.54, 1.807) is 13.3 Å². The molecule has 1 aromatic heterocycles. The highest BCUT2D eigenvalue weighted by Crippen LogP contribution is 2.24. The largest absolute Gasteiger partial charge is 0.494 e. The predicted octanol–water partition coefficient (Wildman–Crippen LogP) is 2.14. The predicted molar refractivity (Wildman–Crippen MR) is 68.8 cm³/mol. The molecule has 1 aliphatic carbocycles. The zero-order chi connectivity index (χ0) is 12.5. The molecule has 1 heterocycles. The number of methoxy groups -OCH3 is 1. The number of carbonyl (C=O) groups is 1. The molecule has 0 radical (unpaired) electrons. The summed E-state index contributed by atoms with van der Waals surface area (Å²) in [6.45, 7) is 0. The molecule has 0 atom stereocenters. The maximum absolute atomic E-state index is 11.9. The van der Waals surface area contributed by atoms with Crippen LogP contribution in [0.4, 0.5) is 0 Å². The van der Waals surface area contributed by atoms with Gasteiger partial charge in [0.25, 0.3) is 5.91 Å². The second-order valence-electron chi connectivity index (χ2n) is 4.50. The van der Waals surface area contributed by atoms with E-state index in [4.69, 9.17) is 4.74 Å². The normalized spacial score (nSPS) is 14.5. The van der Waals surface area contributed by atoms with Crippen molar-refractivity contribution in [2.75, 3.05) is 7.11 Å². The third-order valence-electron chi connectivity index (χ3n) is 3.07. The first kappa shape index (κ1) is 11.0. The van der Waals surface area contributed by atoms with E-state index in [0.29, 0.717) is 11.6 Å². The number of hydrogen-bond acceptors (Lipinski definition) is 3. The number of rotatable bonds is 3. The Hall–Kier alpha value is -2.10. The van der Waals surface area contributed by atoms with Gasteiger partial charge < -0.3 is 10.1 Å². The van der Waals surface area contributed by atoms with Crippen molar-refractivity contribution in [3.8, 4) is 5.75 Å². The lowest BCUT2D eigenvalue weighted by Gasteiger charge is -2.06. The summed E-state index contributed by atoms with van der Waals surface area (Å²) in [5.74, 6) is 0.677. The van der Waals surface area contributed by atoms with Gasteiger partial charge in [0.2, 0.25) is 0 Å². The third kappa shape index (κ3) is 2.01. The molecule has 1 amide bonds. The topological polar surface area (TPSA) is 51.2 Å². The Labute approximate surface area is 105 Å². The van der Waals surface area contributed by atoms with Crippen molar-refractivity contribution in [3.05, 3.63) is 36.0 Å². The van der Waals surface area contributed by atoms with Crippen LogP contribution < -0.4 is 10.1 Å². The summed E-state index contributed by atoms with van der Waals surface area (Å²) in [5.41, 5.74) is 1.38. The Morgan fingerprint density at radius 2 is 2.28 bits per heavy atom. The van der Waals surface area contributed by atoms with Gasteiger partial charge in [0.05, 0.1) is 12.7 Å². The van der Waals surface area contributed by atoms with Crippen LogP contribution in [0.5, 0.6) is 5.75 Å². The van der Waals surface area contributed by atoms with Crippen molar-refractivity contribution in [2.45, 2.75) is 18.9 Å². The molecule has 1 saturated carbocycles. The number of nitrogens with one attached hydrogen (secondary N) is 1. The molecule has 92 valence electrons. The summed E-state index contributed by atoms with van der Waals surface area (Å²) in [6.07, 6.45) is 3.77. The average Bonchev–Trinajstić information content (AvgIpc) is 3.21. The van der Waals surface area contributed by atoms with Crippen LogP contribution in [0, 0.1) is 0 Å². The van der Waals surface area contributed by atoms with Gasteiger partial charge in [0.15, 0.2) is 0 Å². The van der Waals surface area contributed by atoms with Gasteiger partial charge in [-0.15, -0.1) is 0 Å². The van der Waals surface area contributed by atoms with Gasteiger partial charge in [-0.05, 0) is 25.0 Å². The Morgan fingerprint density at radius 1 is 1.44 bits per heavy atom. The molecule has 3 rings (SSSR count). The lowest BCUT2D eigenvalue weighted by Crippen LogP contribution is -2.25. The average molecular weight is 242 g/mol. The summed E-state index contributed by atoms with van der Waals surface area (Å²) in [7, 11) is 1.62. The Morgan fingerprint density at radius 3 is 3.00 bits per heavy atom. The molecule has 1 N–H and O–H groups in total. The van der Waals surface area contributed by atoms with Gasteiger partial charge in [-0.1, -0.05) is 12.1 Å². The number of nitrogens with zero attached hydrogens (tertiary/aromatic N) is 1. The van der Waals surface area contributed by atoms with Gasteiger partial charge in [0.1, 0.15) is 11.3 Å². The SMILES string of the molecule is COc1cccc2cc(C(=O)NC3CC3)cnc12. The zero-order valence-electron chi connectivity index (χ0n) is 10.1. The maximum Gasteiger partial charge on any atom is 0.253 e. The fraction of sp³-hybridized carbons (Fsp3) is 0.286. The summed E-state index contributed by atoms with van der Waals surface area (Å²) >= 11 is 0. The molecule has 0 unspecified atom stereocenters. The van der Waals surface area contributed by atoms with E-state index >= 15 is 0 Å². The second-order valence-corrected chi connectivity index (χ2v) is 4.50. The number of ether oxygens (including phenoxy) is 1. The van der Waals surface area contributed by atoms with E-state index in [0.717, 1.165) is 29.5 Å². The number of aromatic nitrogens is 1. The van der Waals surface area contributed by atoms with Crippen LogP contribution >= 0.6 is 0 Å². The van der Waals surface area contributed by atoms with Gasteiger partial charge in [-0.3, -0.25) is 9.78 Å². The van der Waals surface area contributed by atoms with E-state index in [1.165, 1.54) is 0 Å². The van der Waals surface area contributed by atoms with E-state index in [-0.39, 0.29) is 5.91 Å². The first-order valence-corrected chi connectivity index (χ1v) is 6.01. The van der Waals surface area contributed by atoms with E-state index in [9.17, 15) is 4.79 Å². The van der Waals surface area contributed by atoms with Crippen molar-refractivity contribution >= 4 is 16.8 Å². The first-order valence-electron chi connectivity index (χ1n) is 6.01. The molecule has 0 saturated heterocycles. The van der Waals surface area contributed by atoms with Crippen LogP contribution in [0.3, 0.4) is 0 Å². The highest BCUT2D eigenvalue weighted by molar-refractivity contribution is 5.98. The van der Waals surface area contributed by atoms with Crippen LogP contribution in [0.1, 0.15) is 23.2 Å². The van der Waals surface area contributed by atoms with Crippen molar-refractivity contribution < 1.29 is 9.53 Å². The molecule has 0 aliphatic heterocycles. The molecular weight excluding hydrogens is 228 g/mol. The number of carbonyl (C=O) groups excluding carboxylic acids is 1. The minimum Gasteiger partial charge on any atom is -0.494 e. The van der Waals surface area contributed by atoms with Crippen molar-refractivity contribution in [1.29, 1.82) is 0 Å². The highest BCUT2D eigenvalue weighted by Gasteiger charge is 2.24. The lowest BCUT2D eigenvalue weighted by atomic mass is 10.1. The summed E-state index contributed by atoms with van der Waals surface area (Å²) < 4.78 is 5.24. The number of fused-ring (bicyclic) bond motifs is 1. The molecule has 0 spiro atoms. The quantitative estimate of drug-likeness (QED) is 0.897. The first-order chi connectivity index (χ1) is 8.78. The minimum absolute atomic E-state index is 0.0466. The molecule has 18 heavy (non-hydrogen) atoms. The standard InChI is InChI=1S/C14H14N2O2/c1-18-12-4-2-3-9-7-10(8-15-13(9)12)14(17)16-11-5-6-11/h2-4,7-8,11H,5-6H2,1H3,(H,16,17). The highest BCUT2D eigenvalue weighted by atomic mass is 16.5. The van der Waals surface area contributed by atoms with Gasteiger partial charge in [0, 0.05) is 17.6 Å². The summed E-state index contributed by atoms with van der Waals surface area (Å²) in [4.78, 5) is 16.2. The smallest absolute Gasteiger partial charge is 0.253 e. The van der Waals surface area contributed by atoms with Crippen LogP contribution in [0.2, 0.25) is 0 Å². The summed E-state index contributed by atoms with van der Waals surface area (Å²) in [5, 5.41) is 3.87. The number of hydrogen-bond donors (Lipinski definition) is 1. The van der Waals surface area contributed by atoms with E-state index in [2.05, 4.69) is 10.3 Å². The Balaban J connectivity index is 1.97. The fourth-order valence-electron chi connectivity index (χ4n) is 1.92. The van der Waals surface area contributed by atoms with Crippen molar-refractivity contribution in [2.24, 2.45) is 0 Å². The molecular formula is C14H14N2O2. The zero-order valence-corrected chi connectivity index (χ0v) is 10.1.